The third-order valence-electron chi connectivity index (χ3n) is 4.39. The fraction of sp³-hybridized carbons (Fsp3) is 0.0435. The molecule has 160 valence electrons. The number of carbonyl (C=O) groups excluding carboxylic acids is 1. The zero-order valence-electron chi connectivity index (χ0n) is 16.8. The maximum atomic E-state index is 12.7. The Balaban J connectivity index is 1.42. The van der Waals surface area contributed by atoms with Crippen molar-refractivity contribution in [2.75, 3.05) is 5.32 Å². The van der Waals surface area contributed by atoms with Crippen LogP contribution < -0.4 is 10.1 Å². The Bertz CT molecular complexity index is 1240. The number of nitrogens with one attached hydrogen (secondary N) is 1. The van der Waals surface area contributed by atoms with E-state index in [1.54, 1.807) is 36.2 Å². The molecule has 3 aromatic carbocycles. The summed E-state index contributed by atoms with van der Waals surface area (Å²) in [5.41, 5.74) is 0.748. The van der Waals surface area contributed by atoms with Crippen molar-refractivity contribution in [2.24, 2.45) is 0 Å². The third kappa shape index (κ3) is 5.13. The summed E-state index contributed by atoms with van der Waals surface area (Å²) < 4.78 is 6.90. The van der Waals surface area contributed by atoms with Crippen LogP contribution in [0, 0.1) is 10.1 Å². The number of para-hydroxylation sites is 3. The van der Waals surface area contributed by atoms with Gasteiger partial charge in [-0.3, -0.25) is 14.9 Å². The number of benzene rings is 3. The number of nitro groups is 1. The van der Waals surface area contributed by atoms with E-state index >= 15 is 0 Å². The highest BCUT2D eigenvalue weighted by Gasteiger charge is 2.15. The van der Waals surface area contributed by atoms with Crippen molar-refractivity contribution in [1.29, 1.82) is 0 Å². The Kier molecular flexibility index (Phi) is 6.47. The van der Waals surface area contributed by atoms with Gasteiger partial charge in [0.15, 0.2) is 18.2 Å². The average molecular weight is 446 g/mol. The molecule has 0 unspecified atom stereocenters. The zero-order chi connectivity index (χ0) is 22.3. The van der Waals surface area contributed by atoms with Crippen LogP contribution >= 0.6 is 11.8 Å². The van der Waals surface area contributed by atoms with Gasteiger partial charge < -0.3 is 10.1 Å². The van der Waals surface area contributed by atoms with Gasteiger partial charge >= 0.3 is 5.69 Å². The quantitative estimate of drug-likeness (QED) is 0.294. The maximum absolute atomic E-state index is 12.7. The maximum Gasteiger partial charge on any atom is 0.311 e. The molecule has 8 nitrogen and oxygen atoms in total. The Hall–Kier alpha value is -4.11. The molecule has 9 heteroatoms. The lowest BCUT2D eigenvalue weighted by Crippen LogP contribution is -2.14. The molecule has 0 bridgehead atoms. The van der Waals surface area contributed by atoms with E-state index < -0.39 is 4.92 Å². The fourth-order valence-corrected chi connectivity index (χ4v) is 3.80. The van der Waals surface area contributed by atoms with Crippen LogP contribution in [0.5, 0.6) is 5.75 Å². The lowest BCUT2D eigenvalue weighted by atomic mass is 10.3. The molecular weight excluding hydrogens is 428 g/mol. The molecule has 0 spiro atoms. The number of carbonyl (C=O) groups is 1. The van der Waals surface area contributed by atoms with Gasteiger partial charge in [-0.15, -0.1) is 0 Å². The first kappa shape index (κ1) is 21.1. The Morgan fingerprint density at radius 1 is 1.00 bits per heavy atom. The molecule has 1 aromatic heterocycles. The second-order valence-corrected chi connectivity index (χ2v) is 7.72. The number of nitro benzene ring substituents is 1. The first-order valence-corrected chi connectivity index (χ1v) is 10.4. The number of ether oxygens (including phenoxy) is 1. The number of hydrogen-bond acceptors (Lipinski definition) is 6. The predicted octanol–water partition coefficient (Wildman–Crippen LogP) is 5.23. The minimum atomic E-state index is -0.512. The van der Waals surface area contributed by atoms with Gasteiger partial charge in [-0.1, -0.05) is 54.2 Å². The van der Waals surface area contributed by atoms with Gasteiger partial charge in [0, 0.05) is 22.1 Å². The van der Waals surface area contributed by atoms with Crippen LogP contribution in [0.1, 0.15) is 10.5 Å². The number of nitrogens with zero attached hydrogens (tertiary/aromatic N) is 3. The molecule has 0 saturated carbocycles. The molecule has 0 aliphatic rings. The smallest absolute Gasteiger partial charge is 0.311 e. The van der Waals surface area contributed by atoms with Gasteiger partial charge in [0.25, 0.3) is 5.91 Å². The molecule has 0 fully saturated rings. The zero-order valence-corrected chi connectivity index (χ0v) is 17.6. The van der Waals surface area contributed by atoms with E-state index in [0.29, 0.717) is 5.69 Å². The van der Waals surface area contributed by atoms with E-state index in [1.807, 2.05) is 54.6 Å². The van der Waals surface area contributed by atoms with Crippen molar-refractivity contribution in [3.8, 4) is 5.75 Å². The summed E-state index contributed by atoms with van der Waals surface area (Å²) in [7, 11) is 0. The van der Waals surface area contributed by atoms with Gasteiger partial charge in [-0.2, -0.15) is 5.10 Å². The van der Waals surface area contributed by atoms with E-state index in [2.05, 4.69) is 10.4 Å². The molecule has 0 saturated heterocycles. The highest BCUT2D eigenvalue weighted by Crippen LogP contribution is 2.33. The first-order chi connectivity index (χ1) is 15.6. The van der Waals surface area contributed by atoms with E-state index in [-0.39, 0.29) is 29.8 Å². The Morgan fingerprint density at radius 2 is 1.72 bits per heavy atom. The van der Waals surface area contributed by atoms with E-state index in [1.165, 1.54) is 16.8 Å². The second-order valence-electron chi connectivity index (χ2n) is 6.60. The largest absolute Gasteiger partial charge is 0.464 e. The molecule has 1 heterocycles. The van der Waals surface area contributed by atoms with Crippen molar-refractivity contribution in [2.45, 2.75) is 16.5 Å². The highest BCUT2D eigenvalue weighted by molar-refractivity contribution is 7.99. The molecule has 0 aliphatic carbocycles. The lowest BCUT2D eigenvalue weighted by molar-refractivity contribution is -0.386. The summed E-state index contributed by atoms with van der Waals surface area (Å²) in [5, 5.41) is 18.2. The van der Waals surface area contributed by atoms with Crippen molar-refractivity contribution in [3.63, 3.8) is 0 Å². The monoisotopic (exact) mass is 446 g/mol. The van der Waals surface area contributed by atoms with Crippen LogP contribution in [-0.2, 0) is 6.73 Å². The number of anilines is 1. The van der Waals surface area contributed by atoms with Gasteiger partial charge in [-0.05, 0) is 36.4 Å². The highest BCUT2D eigenvalue weighted by atomic mass is 32.2. The lowest BCUT2D eigenvalue weighted by Gasteiger charge is -2.10. The minimum absolute atomic E-state index is 0.0709. The summed E-state index contributed by atoms with van der Waals surface area (Å²) in [5.74, 6) is -0.235. The van der Waals surface area contributed by atoms with Crippen molar-refractivity contribution in [1.82, 2.24) is 9.78 Å². The molecule has 32 heavy (non-hydrogen) atoms. The Labute approximate surface area is 188 Å². The molecule has 4 aromatic rings. The number of hydrogen-bond donors (Lipinski definition) is 1. The van der Waals surface area contributed by atoms with Crippen LogP contribution in [0.4, 0.5) is 11.4 Å². The summed E-state index contributed by atoms with van der Waals surface area (Å²) in [6.07, 6.45) is 1.58. The molecule has 1 N–H and O–H groups in total. The standard InChI is InChI=1S/C23H18N4O4S/c28-23(24-18-10-4-7-13-22(18)32-17-8-2-1-3-9-17)19-14-15-26(25-19)16-31-21-12-6-5-11-20(21)27(29)30/h1-15H,16H2,(H,24,28). The summed E-state index contributed by atoms with van der Waals surface area (Å²) >= 11 is 1.55. The Morgan fingerprint density at radius 3 is 2.53 bits per heavy atom. The van der Waals surface area contributed by atoms with E-state index in [4.69, 9.17) is 4.74 Å². The number of aromatic nitrogens is 2. The number of rotatable bonds is 8. The first-order valence-electron chi connectivity index (χ1n) is 9.63. The molecule has 0 radical (unpaired) electrons. The van der Waals surface area contributed by atoms with Crippen molar-refractivity contribution in [3.05, 3.63) is 107 Å². The normalized spacial score (nSPS) is 10.5. The summed E-state index contributed by atoms with van der Waals surface area (Å²) in [4.78, 5) is 25.3. The van der Waals surface area contributed by atoms with E-state index in [9.17, 15) is 14.9 Å². The topological polar surface area (TPSA) is 99.3 Å². The summed E-state index contributed by atoms with van der Waals surface area (Å²) in [6, 6.07) is 25.1. The van der Waals surface area contributed by atoms with Gasteiger partial charge in [0.05, 0.1) is 10.6 Å². The third-order valence-corrected chi connectivity index (χ3v) is 5.48. The van der Waals surface area contributed by atoms with Crippen LogP contribution in [0.3, 0.4) is 0 Å². The number of amides is 1. The SMILES string of the molecule is O=C(Nc1ccccc1Sc1ccccc1)c1ccn(COc2ccccc2[N+](=O)[O-])n1. The van der Waals surface area contributed by atoms with Crippen LogP contribution in [-0.4, -0.2) is 20.6 Å². The molecular formula is C23H18N4O4S. The fourth-order valence-electron chi connectivity index (χ4n) is 2.88. The van der Waals surface area contributed by atoms with Crippen molar-refractivity contribution < 1.29 is 14.5 Å². The van der Waals surface area contributed by atoms with Crippen molar-refractivity contribution >= 4 is 29.0 Å². The van der Waals surface area contributed by atoms with Crippen LogP contribution in [0.15, 0.2) is 101 Å². The second kappa shape index (κ2) is 9.80. The molecule has 4 rings (SSSR count). The molecule has 0 aliphatic heterocycles. The molecule has 0 atom stereocenters. The summed E-state index contributed by atoms with van der Waals surface area (Å²) in [6.45, 7) is -0.0709. The van der Waals surface area contributed by atoms with Gasteiger partial charge in [-0.25, -0.2) is 4.68 Å². The molecule has 1 amide bonds. The van der Waals surface area contributed by atoms with Crippen LogP contribution in [0.25, 0.3) is 0 Å². The van der Waals surface area contributed by atoms with E-state index in [0.717, 1.165) is 9.79 Å². The van der Waals surface area contributed by atoms with Gasteiger partial charge in [0.1, 0.15) is 0 Å². The minimum Gasteiger partial charge on any atom is -0.464 e. The average Bonchev–Trinajstić information content (AvgIpc) is 3.29. The van der Waals surface area contributed by atoms with Crippen LogP contribution in [0.2, 0.25) is 0 Å². The van der Waals surface area contributed by atoms with Gasteiger partial charge in [0.2, 0.25) is 0 Å². The predicted molar refractivity (Wildman–Crippen MR) is 121 cm³/mol.